The highest BCUT2D eigenvalue weighted by Gasteiger charge is 2.41. The van der Waals surface area contributed by atoms with Gasteiger partial charge < -0.3 is 11.1 Å². The average Bonchev–Trinajstić information content (AvgIpc) is 2.93. The fourth-order valence-electron chi connectivity index (χ4n) is 2.09. The first-order valence-electron chi connectivity index (χ1n) is 6.12. The number of carbonyl (C=O) groups excluding carboxylic acids is 1. The molecular formula is C12H20ClN3OS. The van der Waals surface area contributed by atoms with Gasteiger partial charge in [-0.05, 0) is 24.7 Å². The Balaban J connectivity index is 0.00000162. The Labute approximate surface area is 118 Å². The first kappa shape index (κ1) is 15.4. The molecule has 18 heavy (non-hydrogen) atoms. The molecule has 1 aromatic heterocycles. The molecule has 1 fully saturated rings. The normalized spacial score (nSPS) is 15.9. The first-order valence-corrected chi connectivity index (χ1v) is 7.00. The van der Waals surface area contributed by atoms with E-state index in [1.165, 1.54) is 37.0 Å². The minimum absolute atomic E-state index is 0. The lowest BCUT2D eigenvalue weighted by Gasteiger charge is -2.14. The quantitative estimate of drug-likeness (QED) is 0.844. The molecule has 4 nitrogen and oxygen atoms in total. The predicted octanol–water partition coefficient (Wildman–Crippen LogP) is 2.33. The molecule has 0 radical (unpaired) electrons. The van der Waals surface area contributed by atoms with Crippen LogP contribution in [0.2, 0.25) is 0 Å². The summed E-state index contributed by atoms with van der Waals surface area (Å²) in [7, 11) is 0. The number of nitrogens with zero attached hydrogens (tertiary/aromatic N) is 1. The van der Waals surface area contributed by atoms with Gasteiger partial charge in [-0.1, -0.05) is 13.3 Å². The number of amides is 1. The molecule has 1 aliphatic carbocycles. The topological polar surface area (TPSA) is 68.0 Å². The lowest BCUT2D eigenvalue weighted by Crippen LogP contribution is -2.30. The second-order valence-electron chi connectivity index (χ2n) is 4.76. The second-order valence-corrected chi connectivity index (χ2v) is 5.71. The Hall–Kier alpha value is -0.650. The minimum atomic E-state index is -0.0664. The van der Waals surface area contributed by atoms with Crippen molar-refractivity contribution in [2.24, 2.45) is 11.1 Å². The number of halogens is 1. The third-order valence-electron chi connectivity index (χ3n) is 3.32. The second kappa shape index (κ2) is 6.50. The average molecular weight is 290 g/mol. The van der Waals surface area contributed by atoms with Crippen LogP contribution < -0.4 is 11.1 Å². The van der Waals surface area contributed by atoms with Crippen molar-refractivity contribution in [3.05, 3.63) is 16.1 Å². The van der Waals surface area contributed by atoms with Crippen molar-refractivity contribution < 1.29 is 4.79 Å². The first-order chi connectivity index (χ1) is 8.19. The smallest absolute Gasteiger partial charge is 0.270 e. The molecule has 0 bridgehead atoms. The molecule has 1 amide bonds. The number of aromatic nitrogens is 1. The van der Waals surface area contributed by atoms with E-state index in [2.05, 4.69) is 17.2 Å². The summed E-state index contributed by atoms with van der Waals surface area (Å²) in [6.07, 6.45) is 4.88. The third-order valence-corrected chi connectivity index (χ3v) is 4.19. The number of carbonyl (C=O) groups is 1. The van der Waals surface area contributed by atoms with Crippen molar-refractivity contribution in [2.45, 2.75) is 39.2 Å². The van der Waals surface area contributed by atoms with Gasteiger partial charge in [-0.2, -0.15) is 0 Å². The van der Waals surface area contributed by atoms with Crippen LogP contribution in [0.25, 0.3) is 0 Å². The van der Waals surface area contributed by atoms with Gasteiger partial charge in [0.2, 0.25) is 0 Å². The van der Waals surface area contributed by atoms with Crippen LogP contribution in [0.15, 0.2) is 5.38 Å². The number of hydrogen-bond acceptors (Lipinski definition) is 4. The fourth-order valence-corrected chi connectivity index (χ4v) is 2.74. The zero-order chi connectivity index (χ0) is 12.3. The lowest BCUT2D eigenvalue weighted by molar-refractivity contribution is 0.0939. The van der Waals surface area contributed by atoms with Gasteiger partial charge in [-0.25, -0.2) is 4.98 Å². The van der Waals surface area contributed by atoms with Gasteiger partial charge in [0.05, 0.1) is 0 Å². The number of nitrogens with one attached hydrogen (secondary N) is 1. The predicted molar refractivity (Wildman–Crippen MR) is 76.2 cm³/mol. The van der Waals surface area contributed by atoms with E-state index >= 15 is 0 Å². The SMILES string of the molecule is CCCC1(CNC(=O)c2csc(CN)n2)CC1.Cl. The monoisotopic (exact) mass is 289 g/mol. The molecule has 1 saturated carbocycles. The van der Waals surface area contributed by atoms with Gasteiger partial charge in [0.15, 0.2) is 0 Å². The molecule has 1 aliphatic rings. The highest BCUT2D eigenvalue weighted by Crippen LogP contribution is 2.48. The van der Waals surface area contributed by atoms with E-state index < -0.39 is 0 Å². The molecule has 2 rings (SSSR count). The molecule has 1 aromatic rings. The molecule has 0 unspecified atom stereocenters. The Kier molecular flexibility index (Phi) is 5.56. The van der Waals surface area contributed by atoms with Crippen molar-refractivity contribution in [2.75, 3.05) is 6.54 Å². The van der Waals surface area contributed by atoms with E-state index in [0.29, 0.717) is 17.7 Å². The molecule has 0 aromatic carbocycles. The summed E-state index contributed by atoms with van der Waals surface area (Å²) in [5, 5.41) is 5.57. The standard InChI is InChI=1S/C12H19N3OS.ClH/c1-2-3-12(4-5-12)8-14-11(16)9-7-17-10(6-13)15-9;/h7H,2-6,8,13H2,1H3,(H,14,16);1H. The van der Waals surface area contributed by atoms with Crippen molar-refractivity contribution in [3.63, 3.8) is 0 Å². The zero-order valence-corrected chi connectivity index (χ0v) is 12.2. The molecule has 0 spiro atoms. The lowest BCUT2D eigenvalue weighted by atomic mass is 10.0. The summed E-state index contributed by atoms with van der Waals surface area (Å²) >= 11 is 1.44. The Morgan fingerprint density at radius 3 is 2.83 bits per heavy atom. The van der Waals surface area contributed by atoms with Crippen LogP contribution >= 0.6 is 23.7 Å². The molecular weight excluding hydrogens is 270 g/mol. The third kappa shape index (κ3) is 3.67. The number of hydrogen-bond donors (Lipinski definition) is 2. The van der Waals surface area contributed by atoms with Gasteiger partial charge in [0, 0.05) is 18.5 Å². The van der Waals surface area contributed by atoms with Crippen molar-refractivity contribution in [3.8, 4) is 0 Å². The van der Waals surface area contributed by atoms with E-state index in [4.69, 9.17) is 5.73 Å². The molecule has 1 heterocycles. The van der Waals surface area contributed by atoms with Gasteiger partial charge in [0.25, 0.3) is 5.91 Å². The Bertz CT molecular complexity index is 404. The van der Waals surface area contributed by atoms with Crippen LogP contribution in [0, 0.1) is 5.41 Å². The summed E-state index contributed by atoms with van der Waals surface area (Å²) in [5.41, 5.74) is 6.36. The maximum atomic E-state index is 11.8. The molecule has 0 aliphatic heterocycles. The van der Waals surface area contributed by atoms with Crippen LogP contribution in [0.3, 0.4) is 0 Å². The highest BCUT2D eigenvalue weighted by atomic mass is 35.5. The van der Waals surface area contributed by atoms with E-state index in [-0.39, 0.29) is 18.3 Å². The summed E-state index contributed by atoms with van der Waals surface area (Å²) in [5.74, 6) is -0.0664. The summed E-state index contributed by atoms with van der Waals surface area (Å²) in [4.78, 5) is 16.0. The van der Waals surface area contributed by atoms with Crippen molar-refractivity contribution >= 4 is 29.7 Å². The number of nitrogens with two attached hydrogens (primary N) is 1. The van der Waals surface area contributed by atoms with E-state index in [1.807, 2.05) is 0 Å². The molecule has 102 valence electrons. The highest BCUT2D eigenvalue weighted by molar-refractivity contribution is 7.09. The number of thiazole rings is 1. The maximum absolute atomic E-state index is 11.8. The van der Waals surface area contributed by atoms with Crippen LogP contribution in [-0.2, 0) is 6.54 Å². The van der Waals surface area contributed by atoms with Crippen LogP contribution in [0.4, 0.5) is 0 Å². The summed E-state index contributed by atoms with van der Waals surface area (Å²) in [6, 6.07) is 0. The van der Waals surface area contributed by atoms with Gasteiger partial charge in [-0.3, -0.25) is 4.79 Å². The van der Waals surface area contributed by atoms with Crippen molar-refractivity contribution in [1.82, 2.24) is 10.3 Å². The molecule has 3 N–H and O–H groups in total. The van der Waals surface area contributed by atoms with E-state index in [1.54, 1.807) is 5.38 Å². The zero-order valence-electron chi connectivity index (χ0n) is 10.6. The van der Waals surface area contributed by atoms with E-state index in [0.717, 1.165) is 11.6 Å². The summed E-state index contributed by atoms with van der Waals surface area (Å²) < 4.78 is 0. The largest absolute Gasteiger partial charge is 0.350 e. The van der Waals surface area contributed by atoms with Crippen LogP contribution in [0.1, 0.15) is 48.1 Å². The van der Waals surface area contributed by atoms with Gasteiger partial charge in [-0.15, -0.1) is 23.7 Å². The molecule has 6 heteroatoms. The molecule has 0 saturated heterocycles. The van der Waals surface area contributed by atoms with Crippen LogP contribution in [-0.4, -0.2) is 17.4 Å². The Morgan fingerprint density at radius 1 is 1.61 bits per heavy atom. The van der Waals surface area contributed by atoms with Gasteiger partial charge in [0.1, 0.15) is 10.7 Å². The van der Waals surface area contributed by atoms with Crippen molar-refractivity contribution in [1.29, 1.82) is 0 Å². The Morgan fingerprint density at radius 2 is 2.33 bits per heavy atom. The molecule has 0 atom stereocenters. The summed E-state index contributed by atoms with van der Waals surface area (Å²) in [6.45, 7) is 3.38. The number of rotatable bonds is 6. The minimum Gasteiger partial charge on any atom is -0.350 e. The van der Waals surface area contributed by atoms with Crippen LogP contribution in [0.5, 0.6) is 0 Å². The maximum Gasteiger partial charge on any atom is 0.270 e. The fraction of sp³-hybridized carbons (Fsp3) is 0.667. The van der Waals surface area contributed by atoms with Gasteiger partial charge >= 0.3 is 0 Å². The van der Waals surface area contributed by atoms with E-state index in [9.17, 15) is 4.79 Å².